The zero-order valence-corrected chi connectivity index (χ0v) is 67.5. The van der Waals surface area contributed by atoms with E-state index in [4.69, 9.17) is 56.2 Å². The minimum Gasteiger partial charge on any atom is -0.476 e. The highest BCUT2D eigenvalue weighted by atomic mass is 35.5. The number of nitrogens with zero attached hydrogens (tertiary/aromatic N) is 15. The Morgan fingerprint density at radius 2 is 0.868 bits per heavy atom. The van der Waals surface area contributed by atoms with Crippen LogP contribution in [0.2, 0.25) is 0 Å². The van der Waals surface area contributed by atoms with E-state index in [2.05, 4.69) is 145 Å². The van der Waals surface area contributed by atoms with Gasteiger partial charge in [0.05, 0.1) is 63.2 Å². The molecular weight excluding hydrogens is 1470 g/mol. The first-order valence-corrected chi connectivity index (χ1v) is 48.1. The van der Waals surface area contributed by atoms with Crippen LogP contribution in [0.1, 0.15) is 108 Å². The molecule has 0 unspecified atom stereocenters. The van der Waals surface area contributed by atoms with Crippen LogP contribution in [0.3, 0.4) is 0 Å². The number of aromatic nitrogens is 16. The van der Waals surface area contributed by atoms with Crippen molar-refractivity contribution in [2.45, 2.75) is 184 Å². The smallest absolute Gasteiger partial charge is 0.279 e. The minimum atomic E-state index is -1.26. The summed E-state index contributed by atoms with van der Waals surface area (Å²) in [4.78, 5) is 61.8. The maximum atomic E-state index is 12.1. The SMILES string of the molecule is C=P(C)(C)CC[C@H]1O[C@@H](n2c(C)nc3c(=O)[nH]c(C)nc32)[C@H](O)[C@@H]1O.C=P(C)(C)CC[C@H]1O[C@@H](n2cnc3c(OCC)nc(C)nc32)[C@H](Cl)[C@@H]1O.C=P(C)(C)CC[C@H]1O[C@@H](n2cnc3c(OCCC)nc(N)nc32)[C@H](O)[C@@H]1O.C=P(C)(C)CC[C@H]1O[C@@H](n2cnc3c(OCCCC)nc(N)nc32)[C@H](O)[C@@H]1O. The third-order valence-corrected chi connectivity index (χ3v) is 24.4. The van der Waals surface area contributed by atoms with Gasteiger partial charge in [0, 0.05) is 0 Å². The molecule has 33 nitrogen and oxygen atoms in total. The van der Waals surface area contributed by atoms with Crippen LogP contribution in [0, 0.1) is 20.8 Å². The number of ether oxygens (including phenoxy) is 7. The zero-order chi connectivity index (χ0) is 77.8. The second-order valence-electron chi connectivity index (χ2n) is 30.1. The summed E-state index contributed by atoms with van der Waals surface area (Å²) in [6.07, 6.45) is 18.4. The first-order chi connectivity index (χ1) is 49.7. The molecule has 4 aliphatic heterocycles. The number of unbranched alkanes of at least 4 members (excludes halogenated alkanes) is 1. The second kappa shape index (κ2) is 35.0. The lowest BCUT2D eigenvalue weighted by Crippen LogP contribution is -2.32. The predicted octanol–water partition coefficient (Wildman–Crippen LogP) is 5.18. The van der Waals surface area contributed by atoms with Crippen molar-refractivity contribution in [3.05, 3.63) is 46.8 Å². The Morgan fingerprint density at radius 1 is 0.481 bits per heavy atom. The molecule has 0 radical (unpaired) electrons. The molecule has 106 heavy (non-hydrogen) atoms. The highest BCUT2D eigenvalue weighted by Gasteiger charge is 2.48. The number of hydrogen-bond donors (Lipinski definition) is 10. The molecule has 16 atom stereocenters. The number of aryl methyl sites for hydroxylation is 3. The summed E-state index contributed by atoms with van der Waals surface area (Å²) < 4.78 is 47.4. The van der Waals surface area contributed by atoms with Gasteiger partial charge < -0.3 is 85.4 Å². The predicted molar refractivity (Wildman–Crippen MR) is 423 cm³/mol. The van der Waals surface area contributed by atoms with E-state index in [1.165, 1.54) is 12.7 Å². The molecule has 0 bridgehead atoms. The molecule has 4 saturated heterocycles. The molecule has 12 rings (SSSR count). The molecule has 588 valence electrons. The summed E-state index contributed by atoms with van der Waals surface area (Å²) >= 11 is 6.50. The lowest BCUT2D eigenvalue weighted by atomic mass is 10.1. The van der Waals surface area contributed by atoms with Crippen LogP contribution in [0.4, 0.5) is 11.9 Å². The average Bonchev–Trinajstić information content (AvgIpc) is 1.62. The molecule has 38 heteroatoms. The number of alkyl halides is 1. The summed E-state index contributed by atoms with van der Waals surface area (Å²) in [7, 11) is 0. The van der Waals surface area contributed by atoms with Crippen molar-refractivity contribution in [3.63, 3.8) is 0 Å². The lowest BCUT2D eigenvalue weighted by Gasteiger charge is -2.19. The Bertz CT molecular complexity index is 4590. The van der Waals surface area contributed by atoms with E-state index in [-0.39, 0.29) is 29.1 Å². The van der Waals surface area contributed by atoms with Gasteiger partial charge in [-0.25, -0.2) is 29.9 Å². The molecule has 0 spiro atoms. The fourth-order valence-corrected chi connectivity index (χ4v) is 16.6. The molecule has 0 aromatic carbocycles. The maximum Gasteiger partial charge on any atom is 0.279 e. The number of rotatable bonds is 25. The van der Waals surface area contributed by atoms with Crippen molar-refractivity contribution in [1.82, 2.24) is 78.1 Å². The fourth-order valence-electron chi connectivity index (χ4n) is 12.5. The molecule has 0 amide bonds. The van der Waals surface area contributed by atoms with E-state index in [0.717, 1.165) is 50.3 Å². The van der Waals surface area contributed by atoms with E-state index in [0.29, 0.717) is 113 Å². The van der Waals surface area contributed by atoms with Gasteiger partial charge in [-0.2, -0.15) is 24.9 Å². The van der Waals surface area contributed by atoms with E-state index < -0.39 is 119 Å². The van der Waals surface area contributed by atoms with Gasteiger partial charge in [-0.1, -0.05) is 20.3 Å². The summed E-state index contributed by atoms with van der Waals surface area (Å²) in [6.45, 7) is 24.7. The highest BCUT2D eigenvalue weighted by molar-refractivity contribution is 7.73. The average molecular weight is 1580 g/mol. The monoisotopic (exact) mass is 1580 g/mol. The third kappa shape index (κ3) is 20.3. The number of hydrogen-bond acceptors (Lipinski definition) is 28. The van der Waals surface area contributed by atoms with Gasteiger partial charge in [-0.3, -0.25) is 23.1 Å². The van der Waals surface area contributed by atoms with Crippen molar-refractivity contribution in [2.75, 3.05) is 109 Å². The number of nitrogens with one attached hydrogen (secondary N) is 1. The Balaban J connectivity index is 0.000000164. The highest BCUT2D eigenvalue weighted by Crippen LogP contribution is 2.45. The van der Waals surface area contributed by atoms with Crippen molar-refractivity contribution in [1.29, 1.82) is 0 Å². The van der Waals surface area contributed by atoms with Crippen LogP contribution < -0.4 is 31.2 Å². The number of nitrogen functional groups attached to an aromatic ring is 2. The Hall–Kier alpha value is -5.95. The zero-order valence-electron chi connectivity index (χ0n) is 63.1. The Kier molecular flexibility index (Phi) is 27.7. The van der Waals surface area contributed by atoms with Gasteiger partial charge in [0.1, 0.15) is 65.6 Å². The standard InChI is InChI=1S/C18H30N5O4P.C17H26ClN4O3P.C17H28N5O4P.C16H25N4O4P/c1-5-6-8-26-16-12-15(21-18(19)22-16)23(10-20-12)17-14(25)13(24)11(27-17)7-9-28(2,3)4;1-6-24-16-13-15(20-10(2)21-16)22(9-19-13)17-12(18)14(23)11(25-17)7-8-26(3,4)5;1-5-7-25-15-11-14(20-17(18)21-15)22(9-19-11)16-13(24)12(23)10(26-16)6-8-27(2,3)4;1-8-17-14-11(15(23)18-8)19-9(2)20(14)16-13(22)12(21)10(24-16)6-7-25(3,4)5/h10-11,13-14,17,24-25H,2,5-9H2,1,3-4H3,(H2,19,21,22);9,11-12,14,17,23H,3,6-8H2,1-2,4-5H3;9-10,12-13,16,23-24H,2,5-8H2,1,3-4H3,(H2,18,20,21);10,12-13,16,21-22H,3,6-7H2,1-2,4-5H3,(H,17,18,23)/t11-,13-,14-,17-;11-,12-,14-,17-;2*10-,12-,13-,16-/m1111/s1. The van der Waals surface area contributed by atoms with Gasteiger partial charge in [0.25, 0.3) is 5.56 Å². The first-order valence-electron chi connectivity index (χ1n) is 35.5. The number of fused-ring (bicyclic) bond motifs is 4. The van der Waals surface area contributed by atoms with Gasteiger partial charge >= 0.3 is 0 Å². The van der Waals surface area contributed by atoms with Gasteiger partial charge in [-0.05, 0) is 144 Å². The number of aliphatic hydroxyl groups excluding tert-OH is 7. The number of aromatic amines is 1. The molecule has 12 heterocycles. The van der Waals surface area contributed by atoms with Crippen molar-refractivity contribution in [3.8, 4) is 17.6 Å². The van der Waals surface area contributed by atoms with Gasteiger partial charge in [-0.15, -0.1) is 64.3 Å². The largest absolute Gasteiger partial charge is 0.476 e. The molecule has 4 fully saturated rings. The van der Waals surface area contributed by atoms with Gasteiger partial charge in [0.15, 0.2) is 69.6 Å². The van der Waals surface area contributed by atoms with Crippen LogP contribution in [-0.2, 0) is 18.9 Å². The number of nitrogens with two attached hydrogens (primary N) is 2. The summed E-state index contributed by atoms with van der Waals surface area (Å²) in [6, 6.07) is 0. The second-order valence-corrected chi connectivity index (χ2v) is 47.9. The van der Waals surface area contributed by atoms with Gasteiger partial charge in [0.2, 0.25) is 29.5 Å². The van der Waals surface area contributed by atoms with E-state index in [1.54, 1.807) is 45.4 Å². The number of halogens is 1. The van der Waals surface area contributed by atoms with E-state index in [9.17, 15) is 40.5 Å². The number of H-pyrrole nitrogens is 1. The van der Waals surface area contributed by atoms with Crippen LogP contribution in [0.25, 0.3) is 44.7 Å². The van der Waals surface area contributed by atoms with Crippen molar-refractivity contribution in [2.24, 2.45) is 0 Å². The van der Waals surface area contributed by atoms with Crippen LogP contribution in [0.15, 0.2) is 23.8 Å². The number of aliphatic hydroxyl groups is 7. The summed E-state index contributed by atoms with van der Waals surface area (Å²) in [5.41, 5.74) is 14.7. The maximum absolute atomic E-state index is 12.1. The number of imidazole rings is 4. The third-order valence-electron chi connectivity index (χ3n) is 18.1. The molecular formula is C68H109ClN18O15P4. The Labute approximate surface area is 622 Å². The fraction of sp³-hybridized carbons (Fsp3) is 0.647. The normalized spacial score (nSPS) is 26.3. The van der Waals surface area contributed by atoms with Crippen LogP contribution in [-0.4, -0.2) is 309 Å². The molecule has 12 N–H and O–H groups in total. The van der Waals surface area contributed by atoms with Crippen molar-refractivity contribution < 1.29 is 68.9 Å². The minimum absolute atomic E-state index is 0.0449. The summed E-state index contributed by atoms with van der Waals surface area (Å²) in [5, 5.41) is 72.8. The molecule has 8 aromatic rings. The topological polar surface area (TPSA) is 453 Å². The van der Waals surface area contributed by atoms with E-state index in [1.807, 2.05) is 13.8 Å². The summed E-state index contributed by atoms with van der Waals surface area (Å²) in [5.74, 6) is 2.67. The molecule has 0 aliphatic carbocycles. The lowest BCUT2D eigenvalue weighted by molar-refractivity contribution is -0.0364. The molecule has 4 aliphatic rings. The first kappa shape index (κ1) is 84.1. The van der Waals surface area contributed by atoms with Crippen molar-refractivity contribution >= 4 is 121 Å². The van der Waals surface area contributed by atoms with Crippen LogP contribution >= 0.6 is 39.1 Å². The van der Waals surface area contributed by atoms with E-state index >= 15 is 0 Å². The van der Waals surface area contributed by atoms with Crippen LogP contribution in [0.5, 0.6) is 17.6 Å². The molecule has 8 aromatic heterocycles. The quantitative estimate of drug-likeness (QED) is 0.0200. The Morgan fingerprint density at radius 3 is 1.29 bits per heavy atom. The molecule has 0 saturated carbocycles. The number of anilines is 2.